The highest BCUT2D eigenvalue weighted by Crippen LogP contribution is 2.33. The van der Waals surface area contributed by atoms with E-state index >= 15 is 0 Å². The molecule has 0 aromatic heterocycles. The molecule has 0 saturated carbocycles. The Labute approximate surface area is 219 Å². The number of alkyl halides is 6. The minimum Gasteiger partial charge on any atom is -0.369 e. The number of halogens is 6. The summed E-state index contributed by atoms with van der Waals surface area (Å²) in [5, 5.41) is 4.84. The molecular weight excluding hydrogens is 530 g/mol. The lowest BCUT2D eigenvalue weighted by Crippen LogP contribution is -2.48. The van der Waals surface area contributed by atoms with Crippen LogP contribution in [-0.2, 0) is 14.4 Å². The normalized spacial score (nSPS) is 17.3. The van der Waals surface area contributed by atoms with Gasteiger partial charge in [0.25, 0.3) is 5.91 Å². The number of primary amides is 1. The van der Waals surface area contributed by atoms with Crippen molar-refractivity contribution in [2.75, 3.05) is 5.32 Å². The lowest BCUT2D eigenvalue weighted by Gasteiger charge is -2.26. The molecule has 7 nitrogen and oxygen atoms in total. The summed E-state index contributed by atoms with van der Waals surface area (Å²) in [5.74, 6) is -7.19. The first-order valence-corrected chi connectivity index (χ1v) is 11.9. The Morgan fingerprint density at radius 2 is 1.46 bits per heavy atom. The van der Waals surface area contributed by atoms with E-state index in [-0.39, 0.29) is 0 Å². The second-order valence-corrected chi connectivity index (χ2v) is 9.16. The summed E-state index contributed by atoms with van der Waals surface area (Å²) in [6.07, 6.45) is -16.3. The number of nitrogens with zero attached hydrogens (tertiary/aromatic N) is 1. The van der Waals surface area contributed by atoms with Crippen LogP contribution in [0, 0.1) is 18.8 Å². The van der Waals surface area contributed by atoms with Crippen molar-refractivity contribution in [1.29, 1.82) is 0 Å². The Balaban J connectivity index is 1.99. The predicted molar refractivity (Wildman–Crippen MR) is 131 cm³/mol. The van der Waals surface area contributed by atoms with Crippen LogP contribution in [0.3, 0.4) is 0 Å². The number of fused-ring (bicyclic) bond motifs is 1. The van der Waals surface area contributed by atoms with E-state index in [9.17, 15) is 40.7 Å². The molecule has 4 N–H and O–H groups in total. The van der Waals surface area contributed by atoms with Gasteiger partial charge >= 0.3 is 12.4 Å². The van der Waals surface area contributed by atoms with Crippen LogP contribution in [0.4, 0.5) is 32.0 Å². The number of rotatable bonds is 9. The van der Waals surface area contributed by atoms with Crippen molar-refractivity contribution in [3.8, 4) is 0 Å². The van der Waals surface area contributed by atoms with Crippen LogP contribution in [0.15, 0.2) is 53.5 Å². The number of benzene rings is 2. The van der Waals surface area contributed by atoms with Crippen LogP contribution < -0.4 is 16.4 Å². The summed E-state index contributed by atoms with van der Waals surface area (Å²) in [6, 6.07) is 13.6. The van der Waals surface area contributed by atoms with Gasteiger partial charge in [-0.1, -0.05) is 42.5 Å². The van der Waals surface area contributed by atoms with Gasteiger partial charge in [-0.15, -0.1) is 0 Å². The van der Waals surface area contributed by atoms with E-state index in [0.717, 1.165) is 5.56 Å². The van der Waals surface area contributed by atoms with E-state index in [1.807, 2.05) is 0 Å². The smallest absolute Gasteiger partial charge is 0.369 e. The fourth-order valence-electron chi connectivity index (χ4n) is 4.34. The first-order valence-electron chi connectivity index (χ1n) is 11.9. The minimum atomic E-state index is -4.76. The number of nitrogens with two attached hydrogens (primary N) is 1. The molecule has 13 heteroatoms. The van der Waals surface area contributed by atoms with Gasteiger partial charge in [-0.2, -0.15) is 26.3 Å². The van der Waals surface area contributed by atoms with Crippen molar-refractivity contribution in [2.45, 2.75) is 51.1 Å². The molecule has 0 unspecified atom stereocenters. The number of carbonyl (C=O) groups excluding carboxylic acids is 3. The topological polar surface area (TPSA) is 114 Å². The van der Waals surface area contributed by atoms with Crippen LogP contribution in [-0.4, -0.2) is 42.0 Å². The Morgan fingerprint density at radius 1 is 0.923 bits per heavy atom. The van der Waals surface area contributed by atoms with Crippen molar-refractivity contribution >= 4 is 29.1 Å². The number of benzodiazepines with no additional fused rings is 1. The van der Waals surface area contributed by atoms with E-state index in [1.54, 1.807) is 55.5 Å². The average molecular weight is 557 g/mol. The first-order chi connectivity index (χ1) is 18.2. The van der Waals surface area contributed by atoms with Crippen LogP contribution in [0.5, 0.6) is 0 Å². The predicted octanol–water partition coefficient (Wildman–Crippen LogP) is 4.63. The number of para-hydroxylation sites is 1. The molecular formula is C26H26F6N4O3. The molecule has 2 aromatic rings. The third kappa shape index (κ3) is 8.04. The highest BCUT2D eigenvalue weighted by Gasteiger charge is 2.40. The number of nitrogens with one attached hydrogen (secondary N) is 2. The van der Waals surface area contributed by atoms with Crippen molar-refractivity contribution in [3.05, 3.63) is 65.2 Å². The molecule has 3 atom stereocenters. The third-order valence-electron chi connectivity index (χ3n) is 6.29. The summed E-state index contributed by atoms with van der Waals surface area (Å²) >= 11 is 0. The quantitative estimate of drug-likeness (QED) is 0.392. The maximum absolute atomic E-state index is 13.2. The number of aryl methyl sites for hydroxylation is 1. The third-order valence-corrected chi connectivity index (χ3v) is 6.29. The van der Waals surface area contributed by atoms with Crippen LogP contribution >= 0.6 is 0 Å². The number of carbonyl (C=O) groups is 3. The molecule has 1 aliphatic rings. The Bertz CT molecular complexity index is 1260. The SMILES string of the molecule is Cc1ccccc1C1=N[C@H](NC(=O)[C@@H](CCC(F)(F)F)[C@@H](CCC(F)(F)F)C(N)=O)C(=O)Nc2ccccc21. The summed E-state index contributed by atoms with van der Waals surface area (Å²) in [6.45, 7) is 1.79. The van der Waals surface area contributed by atoms with Crippen LogP contribution in [0.1, 0.15) is 42.4 Å². The number of amides is 3. The van der Waals surface area contributed by atoms with Crippen molar-refractivity contribution in [1.82, 2.24) is 5.32 Å². The van der Waals surface area contributed by atoms with Gasteiger partial charge in [0, 0.05) is 35.8 Å². The second kappa shape index (κ2) is 11.9. The zero-order valence-corrected chi connectivity index (χ0v) is 20.7. The van der Waals surface area contributed by atoms with Gasteiger partial charge in [0.15, 0.2) is 0 Å². The molecule has 1 heterocycles. The van der Waals surface area contributed by atoms with E-state index in [2.05, 4.69) is 15.6 Å². The van der Waals surface area contributed by atoms with E-state index in [4.69, 9.17) is 5.73 Å². The highest BCUT2D eigenvalue weighted by molar-refractivity contribution is 6.20. The van der Waals surface area contributed by atoms with Crippen molar-refractivity contribution in [2.24, 2.45) is 22.6 Å². The zero-order valence-electron chi connectivity index (χ0n) is 20.7. The van der Waals surface area contributed by atoms with E-state index in [1.165, 1.54) is 0 Å². The standard InChI is InChI=1S/C26H26F6N4O3/c1-14-6-2-3-7-15(14)20-18-8-4-5-9-19(18)34-24(39)22(35-20)36-23(38)17(11-13-26(30,31)32)16(21(33)37)10-12-25(27,28)29/h2-9,16-17,22H,10-13H2,1H3,(H2,33,37)(H,34,39)(H,36,38)/t16-,17+,22-/m1/s1. The molecule has 0 fully saturated rings. The van der Waals surface area contributed by atoms with Gasteiger partial charge in [0.2, 0.25) is 18.0 Å². The number of hydrogen-bond donors (Lipinski definition) is 3. The van der Waals surface area contributed by atoms with Crippen LogP contribution in [0.2, 0.25) is 0 Å². The van der Waals surface area contributed by atoms with Crippen LogP contribution in [0.25, 0.3) is 0 Å². The molecule has 1 aliphatic heterocycles. The molecule has 0 bridgehead atoms. The Kier molecular flexibility index (Phi) is 9.03. The molecule has 3 amide bonds. The molecule has 0 saturated heterocycles. The van der Waals surface area contributed by atoms with Gasteiger partial charge in [0.05, 0.1) is 11.4 Å². The lowest BCUT2D eigenvalue weighted by molar-refractivity contribution is -0.152. The first kappa shape index (κ1) is 29.7. The molecule has 2 aromatic carbocycles. The molecule has 0 spiro atoms. The lowest BCUT2D eigenvalue weighted by atomic mass is 9.83. The fourth-order valence-corrected chi connectivity index (χ4v) is 4.34. The monoisotopic (exact) mass is 556 g/mol. The van der Waals surface area contributed by atoms with Gasteiger partial charge < -0.3 is 16.4 Å². The molecule has 39 heavy (non-hydrogen) atoms. The van der Waals surface area contributed by atoms with Gasteiger partial charge in [-0.3, -0.25) is 14.4 Å². The molecule has 0 radical (unpaired) electrons. The second-order valence-electron chi connectivity index (χ2n) is 9.16. The average Bonchev–Trinajstić information content (AvgIpc) is 2.96. The number of hydrogen-bond acceptors (Lipinski definition) is 4. The summed E-state index contributed by atoms with van der Waals surface area (Å²) in [7, 11) is 0. The van der Waals surface area contributed by atoms with E-state index < -0.39 is 73.8 Å². The Hall–Kier alpha value is -3.90. The number of anilines is 1. The molecule has 3 rings (SSSR count). The Morgan fingerprint density at radius 3 is 2.03 bits per heavy atom. The maximum Gasteiger partial charge on any atom is 0.389 e. The van der Waals surface area contributed by atoms with Gasteiger partial charge in [-0.05, 0) is 31.4 Å². The minimum absolute atomic E-state index is 0.294. The summed E-state index contributed by atoms with van der Waals surface area (Å²) in [5.41, 5.74) is 7.76. The summed E-state index contributed by atoms with van der Waals surface area (Å²) in [4.78, 5) is 42.7. The largest absolute Gasteiger partial charge is 0.389 e. The van der Waals surface area contributed by atoms with E-state index in [0.29, 0.717) is 22.5 Å². The maximum atomic E-state index is 13.2. The van der Waals surface area contributed by atoms with Gasteiger partial charge in [-0.25, -0.2) is 4.99 Å². The van der Waals surface area contributed by atoms with Gasteiger partial charge in [0.1, 0.15) is 0 Å². The van der Waals surface area contributed by atoms with Crippen molar-refractivity contribution in [3.63, 3.8) is 0 Å². The molecule has 210 valence electrons. The zero-order chi connectivity index (χ0) is 29.0. The summed E-state index contributed by atoms with van der Waals surface area (Å²) < 4.78 is 77.6. The molecule has 0 aliphatic carbocycles. The number of aliphatic imine (C=N–C) groups is 1. The highest BCUT2D eigenvalue weighted by atomic mass is 19.4. The van der Waals surface area contributed by atoms with Crippen molar-refractivity contribution < 1.29 is 40.7 Å². The fraction of sp³-hybridized carbons (Fsp3) is 0.385.